The average Bonchev–Trinajstić information content (AvgIpc) is 3.24. The van der Waals surface area contributed by atoms with E-state index in [0.29, 0.717) is 17.8 Å². The fourth-order valence-electron chi connectivity index (χ4n) is 5.68. The molecule has 204 valence electrons. The maximum absolute atomic E-state index is 13.7. The van der Waals surface area contributed by atoms with E-state index >= 15 is 0 Å². The molecule has 12 heteroatoms. The largest absolute Gasteiger partial charge is 0.394 e. The average molecular weight is 598 g/mol. The first-order chi connectivity index (χ1) is 18.5. The quantitative estimate of drug-likeness (QED) is 0.410. The van der Waals surface area contributed by atoms with Gasteiger partial charge in [-0.1, -0.05) is 29.8 Å². The summed E-state index contributed by atoms with van der Waals surface area (Å²) in [4.78, 5) is 43.7. The molecule has 1 saturated heterocycles. The first kappa shape index (κ1) is 27.1. The van der Waals surface area contributed by atoms with Gasteiger partial charge in [0.1, 0.15) is 18.2 Å². The second-order valence-corrected chi connectivity index (χ2v) is 11.7. The number of aliphatic hydroxyl groups excluding tert-OH is 2. The van der Waals surface area contributed by atoms with Crippen LogP contribution in [-0.2, 0) is 9.53 Å². The number of rotatable bonds is 4. The first-order valence-corrected chi connectivity index (χ1v) is 13.3. The Hall–Kier alpha value is -3.50. The molecule has 39 heavy (non-hydrogen) atoms. The van der Waals surface area contributed by atoms with Crippen molar-refractivity contribution in [1.29, 1.82) is 5.26 Å². The standard InChI is InChI=1S/C27H28BrN5O6/c1-27(2)8-17-23(19(36)9-27)22(15(10-29)24(30)33(17)14-5-3-13(28)4-6-14)16-11-32(26(38)31-25(16)37)21-7-18(35)20(12-34)39-21/h3-6,11,18,20-22,34-35H,7-9,12,30H2,1-2H3,(H,31,37,38)/t18?,20-,21-,22?/m1/s1. The number of aromatic amines is 1. The van der Waals surface area contributed by atoms with Gasteiger partial charge in [-0.15, -0.1) is 0 Å². The van der Waals surface area contributed by atoms with Crippen LogP contribution in [0.1, 0.15) is 50.8 Å². The van der Waals surface area contributed by atoms with Crippen molar-refractivity contribution in [3.63, 3.8) is 0 Å². The van der Waals surface area contributed by atoms with Gasteiger partial charge in [0.25, 0.3) is 5.56 Å². The lowest BCUT2D eigenvalue weighted by Crippen LogP contribution is -2.44. The van der Waals surface area contributed by atoms with Gasteiger partial charge in [0, 0.05) is 46.0 Å². The molecule has 2 aliphatic heterocycles. The van der Waals surface area contributed by atoms with Crippen molar-refractivity contribution >= 4 is 27.4 Å². The van der Waals surface area contributed by atoms with Gasteiger partial charge in [-0.05, 0) is 36.1 Å². The molecule has 0 bridgehead atoms. The molecule has 11 nitrogen and oxygen atoms in total. The van der Waals surface area contributed by atoms with E-state index in [1.807, 2.05) is 38.1 Å². The van der Waals surface area contributed by atoms with Crippen molar-refractivity contribution in [1.82, 2.24) is 9.55 Å². The number of halogens is 1. The number of hydrogen-bond donors (Lipinski definition) is 4. The van der Waals surface area contributed by atoms with Crippen LogP contribution in [0.5, 0.6) is 0 Å². The molecule has 2 unspecified atom stereocenters. The minimum atomic E-state index is -1.11. The van der Waals surface area contributed by atoms with Crippen molar-refractivity contribution in [3.05, 3.63) is 84.0 Å². The predicted octanol–water partition coefficient (Wildman–Crippen LogP) is 1.88. The van der Waals surface area contributed by atoms with Crippen molar-refractivity contribution in [2.75, 3.05) is 11.5 Å². The summed E-state index contributed by atoms with van der Waals surface area (Å²) >= 11 is 3.42. The summed E-state index contributed by atoms with van der Waals surface area (Å²) < 4.78 is 7.59. The number of carbonyl (C=O) groups excluding carboxylic acids is 1. The van der Waals surface area contributed by atoms with Crippen LogP contribution in [0.4, 0.5) is 5.69 Å². The molecule has 0 spiro atoms. The topological polar surface area (TPSA) is 175 Å². The Morgan fingerprint density at radius 2 is 1.92 bits per heavy atom. The highest BCUT2D eigenvalue weighted by molar-refractivity contribution is 9.10. The third-order valence-corrected chi connectivity index (χ3v) is 8.00. The van der Waals surface area contributed by atoms with E-state index in [0.717, 1.165) is 9.04 Å². The molecule has 1 fully saturated rings. The van der Waals surface area contributed by atoms with E-state index in [9.17, 15) is 29.9 Å². The number of allylic oxidation sites excluding steroid dienone is 3. The number of anilines is 1. The number of benzene rings is 1. The third-order valence-electron chi connectivity index (χ3n) is 7.47. The molecule has 0 saturated carbocycles. The van der Waals surface area contributed by atoms with E-state index in [4.69, 9.17) is 10.5 Å². The SMILES string of the molecule is CC1(C)CC(=O)C2=C(C1)N(c1ccc(Br)cc1)C(N)=C(C#N)C2c1cn([C@H]2CC(O)[C@@H](CO)O2)c(=O)[nH]c1=O. The molecule has 5 rings (SSSR count). The maximum Gasteiger partial charge on any atom is 0.330 e. The molecule has 1 aliphatic carbocycles. The number of aromatic nitrogens is 2. The number of aliphatic hydroxyl groups is 2. The fourth-order valence-corrected chi connectivity index (χ4v) is 5.94. The van der Waals surface area contributed by atoms with E-state index in [-0.39, 0.29) is 41.2 Å². The minimum absolute atomic E-state index is 0.000957. The molecule has 0 amide bonds. The lowest BCUT2D eigenvalue weighted by atomic mass is 9.69. The van der Waals surface area contributed by atoms with Gasteiger partial charge in [0.05, 0.1) is 30.3 Å². The molecule has 2 aromatic rings. The number of Topliss-reactive ketones (excluding diaryl/α,β-unsaturated/α-hetero) is 1. The van der Waals surface area contributed by atoms with Gasteiger partial charge in [0.2, 0.25) is 0 Å². The van der Waals surface area contributed by atoms with Crippen LogP contribution in [0.2, 0.25) is 0 Å². The van der Waals surface area contributed by atoms with Gasteiger partial charge in [-0.25, -0.2) is 4.79 Å². The van der Waals surface area contributed by atoms with Gasteiger partial charge in [-0.2, -0.15) is 5.26 Å². The summed E-state index contributed by atoms with van der Waals surface area (Å²) in [5.74, 6) is -1.26. The summed E-state index contributed by atoms with van der Waals surface area (Å²) in [5.41, 5.74) is 6.18. The zero-order valence-corrected chi connectivity index (χ0v) is 22.9. The molecular weight excluding hydrogens is 570 g/mol. The number of nitrogens with two attached hydrogens (primary N) is 1. The number of carbonyl (C=O) groups is 1. The van der Waals surface area contributed by atoms with Crippen LogP contribution in [-0.4, -0.2) is 44.4 Å². The third kappa shape index (κ3) is 4.65. The predicted molar refractivity (Wildman–Crippen MR) is 144 cm³/mol. The number of ketones is 1. The van der Waals surface area contributed by atoms with E-state index in [1.165, 1.54) is 6.20 Å². The minimum Gasteiger partial charge on any atom is -0.394 e. The van der Waals surface area contributed by atoms with Crippen LogP contribution in [0.25, 0.3) is 0 Å². The zero-order chi connectivity index (χ0) is 28.2. The molecule has 1 aromatic carbocycles. The maximum atomic E-state index is 13.7. The highest BCUT2D eigenvalue weighted by Crippen LogP contribution is 2.49. The number of hydrogen-bond acceptors (Lipinski definition) is 9. The van der Waals surface area contributed by atoms with Crippen LogP contribution < -0.4 is 21.9 Å². The molecule has 3 heterocycles. The summed E-state index contributed by atoms with van der Waals surface area (Å²) in [6, 6.07) is 9.40. The summed E-state index contributed by atoms with van der Waals surface area (Å²) in [6.45, 7) is 3.49. The van der Waals surface area contributed by atoms with Gasteiger partial charge < -0.3 is 20.7 Å². The number of nitriles is 1. The van der Waals surface area contributed by atoms with Crippen LogP contribution in [0, 0.1) is 16.7 Å². The van der Waals surface area contributed by atoms with Crippen molar-refractivity contribution in [2.24, 2.45) is 11.1 Å². The lowest BCUT2D eigenvalue weighted by molar-refractivity contribution is -0.118. The number of nitrogens with one attached hydrogen (secondary N) is 1. The summed E-state index contributed by atoms with van der Waals surface area (Å²) in [5, 5.41) is 29.9. The Bertz CT molecular complexity index is 1560. The van der Waals surface area contributed by atoms with E-state index in [1.54, 1.807) is 4.90 Å². The van der Waals surface area contributed by atoms with Crippen molar-refractivity contribution < 1.29 is 19.7 Å². The molecule has 0 radical (unpaired) electrons. The van der Waals surface area contributed by atoms with E-state index < -0.39 is 47.6 Å². The van der Waals surface area contributed by atoms with Crippen LogP contribution in [0.15, 0.2) is 67.2 Å². The Balaban J connectivity index is 1.73. The molecular formula is C27H28BrN5O6. The zero-order valence-electron chi connectivity index (χ0n) is 21.3. The molecule has 3 aliphatic rings. The first-order valence-electron chi connectivity index (χ1n) is 12.5. The Kier molecular flexibility index (Phi) is 6.88. The van der Waals surface area contributed by atoms with Crippen molar-refractivity contribution in [2.45, 2.75) is 57.5 Å². The molecule has 4 atom stereocenters. The van der Waals surface area contributed by atoms with Gasteiger partial charge in [-0.3, -0.25) is 24.0 Å². The lowest BCUT2D eigenvalue weighted by Gasteiger charge is -2.43. The number of nitrogens with zero attached hydrogens (tertiary/aromatic N) is 3. The normalized spacial score (nSPS) is 26.6. The second kappa shape index (κ2) is 9.91. The second-order valence-electron chi connectivity index (χ2n) is 10.8. The van der Waals surface area contributed by atoms with Crippen LogP contribution in [0.3, 0.4) is 0 Å². The highest BCUT2D eigenvalue weighted by atomic mass is 79.9. The summed E-state index contributed by atoms with van der Waals surface area (Å²) in [7, 11) is 0. The van der Waals surface area contributed by atoms with E-state index in [2.05, 4.69) is 27.0 Å². The van der Waals surface area contributed by atoms with Gasteiger partial charge in [0.15, 0.2) is 5.78 Å². The van der Waals surface area contributed by atoms with Crippen molar-refractivity contribution in [3.8, 4) is 6.07 Å². The number of ether oxygens (including phenoxy) is 1. The Morgan fingerprint density at radius 3 is 2.54 bits per heavy atom. The smallest absolute Gasteiger partial charge is 0.330 e. The highest BCUT2D eigenvalue weighted by Gasteiger charge is 2.46. The Morgan fingerprint density at radius 1 is 1.23 bits per heavy atom. The van der Waals surface area contributed by atoms with Crippen LogP contribution >= 0.6 is 15.9 Å². The molecule has 5 N–H and O–H groups in total. The molecule has 1 aromatic heterocycles. The fraction of sp³-hybridized carbons (Fsp3) is 0.407. The van der Waals surface area contributed by atoms with Gasteiger partial charge >= 0.3 is 5.69 Å². The monoisotopic (exact) mass is 597 g/mol. The Labute approximate surface area is 231 Å². The summed E-state index contributed by atoms with van der Waals surface area (Å²) in [6.07, 6.45) is -0.963. The number of H-pyrrole nitrogens is 1.